The van der Waals surface area contributed by atoms with Crippen LogP contribution in [0.25, 0.3) is 11.3 Å². The Kier molecular flexibility index (Phi) is 3.01. The molecule has 0 saturated heterocycles. The normalized spacial score (nSPS) is 10.4. The summed E-state index contributed by atoms with van der Waals surface area (Å²) in [6, 6.07) is 4.41. The molecular weight excluding hydrogens is 237 g/mol. The lowest BCUT2D eigenvalue weighted by Crippen LogP contribution is -2.09. The molecule has 0 unspecified atom stereocenters. The fraction of sp³-hybridized carbons (Fsp3) is 0.167. The number of aromatic nitrogens is 2. The smallest absolute Gasteiger partial charge is 0.409 e. The molecule has 6 heteroatoms. The Balaban J connectivity index is 2.50. The Bertz CT molecular complexity index is 607. The van der Waals surface area contributed by atoms with Crippen molar-refractivity contribution in [2.45, 2.75) is 13.8 Å². The van der Waals surface area contributed by atoms with Crippen molar-refractivity contribution in [2.24, 2.45) is 0 Å². The second kappa shape index (κ2) is 4.48. The van der Waals surface area contributed by atoms with Crippen LogP contribution in [-0.4, -0.2) is 21.4 Å². The van der Waals surface area contributed by atoms with E-state index in [1.807, 2.05) is 0 Å². The van der Waals surface area contributed by atoms with Crippen molar-refractivity contribution in [3.8, 4) is 11.3 Å². The van der Waals surface area contributed by atoms with Gasteiger partial charge >= 0.3 is 6.09 Å². The van der Waals surface area contributed by atoms with E-state index in [4.69, 9.17) is 5.11 Å². The summed E-state index contributed by atoms with van der Waals surface area (Å²) in [5.74, 6) is -0.435. The van der Waals surface area contributed by atoms with Crippen molar-refractivity contribution in [2.75, 3.05) is 5.32 Å². The Morgan fingerprint density at radius 3 is 2.67 bits per heavy atom. The molecule has 3 N–H and O–H groups in total. The van der Waals surface area contributed by atoms with Crippen LogP contribution in [0.4, 0.5) is 14.9 Å². The fourth-order valence-electron chi connectivity index (χ4n) is 1.67. The molecule has 1 heterocycles. The van der Waals surface area contributed by atoms with E-state index in [0.29, 0.717) is 16.9 Å². The van der Waals surface area contributed by atoms with Gasteiger partial charge in [0, 0.05) is 16.9 Å². The molecule has 2 aromatic rings. The van der Waals surface area contributed by atoms with Crippen LogP contribution in [0.15, 0.2) is 18.2 Å². The van der Waals surface area contributed by atoms with Gasteiger partial charge in [0.2, 0.25) is 0 Å². The summed E-state index contributed by atoms with van der Waals surface area (Å²) in [5, 5.41) is 17.6. The monoisotopic (exact) mass is 249 g/mol. The fourth-order valence-corrected chi connectivity index (χ4v) is 1.67. The summed E-state index contributed by atoms with van der Waals surface area (Å²) in [6.07, 6.45) is -1.19. The first-order valence-electron chi connectivity index (χ1n) is 5.30. The number of amides is 1. The van der Waals surface area contributed by atoms with E-state index < -0.39 is 11.9 Å². The predicted molar refractivity (Wildman–Crippen MR) is 65.1 cm³/mol. The highest BCUT2D eigenvalue weighted by molar-refractivity contribution is 5.85. The third kappa shape index (κ3) is 2.32. The number of nitrogens with zero attached hydrogens (tertiary/aromatic N) is 1. The van der Waals surface area contributed by atoms with E-state index in [0.717, 1.165) is 5.69 Å². The highest BCUT2D eigenvalue weighted by Crippen LogP contribution is 2.27. The van der Waals surface area contributed by atoms with Crippen LogP contribution in [-0.2, 0) is 0 Å². The first kappa shape index (κ1) is 12.1. The number of aromatic amines is 1. The summed E-state index contributed by atoms with van der Waals surface area (Å²) in [4.78, 5) is 10.6. The predicted octanol–water partition coefficient (Wildman–Crippen LogP) is 2.92. The van der Waals surface area contributed by atoms with Gasteiger partial charge in [-0.15, -0.1) is 0 Å². The van der Waals surface area contributed by atoms with Gasteiger partial charge in [-0.3, -0.25) is 10.4 Å². The SMILES string of the molecule is Cc1cc(-c2cc(NC(=O)O)c(C)cc2F)n[nH]1. The molecule has 1 aromatic heterocycles. The number of hydrogen-bond donors (Lipinski definition) is 3. The maximum absolute atomic E-state index is 13.8. The van der Waals surface area contributed by atoms with Crippen LogP contribution in [0.1, 0.15) is 11.3 Å². The number of H-pyrrole nitrogens is 1. The molecule has 0 aliphatic carbocycles. The first-order valence-corrected chi connectivity index (χ1v) is 5.30. The molecule has 0 fully saturated rings. The third-order valence-corrected chi connectivity index (χ3v) is 2.54. The van der Waals surface area contributed by atoms with Crippen LogP contribution in [0, 0.1) is 19.7 Å². The van der Waals surface area contributed by atoms with E-state index in [1.54, 1.807) is 19.9 Å². The van der Waals surface area contributed by atoms with Crippen LogP contribution in [0.2, 0.25) is 0 Å². The van der Waals surface area contributed by atoms with Crippen molar-refractivity contribution in [3.05, 3.63) is 35.3 Å². The summed E-state index contributed by atoms with van der Waals surface area (Å²) >= 11 is 0. The Labute approximate surface area is 103 Å². The molecule has 18 heavy (non-hydrogen) atoms. The Morgan fingerprint density at radius 2 is 2.11 bits per heavy atom. The van der Waals surface area contributed by atoms with Crippen molar-refractivity contribution >= 4 is 11.8 Å². The van der Waals surface area contributed by atoms with Crippen LogP contribution in [0.5, 0.6) is 0 Å². The largest absolute Gasteiger partial charge is 0.465 e. The van der Waals surface area contributed by atoms with E-state index in [-0.39, 0.29) is 5.56 Å². The molecule has 0 radical (unpaired) electrons. The summed E-state index contributed by atoms with van der Waals surface area (Å²) in [7, 11) is 0. The van der Waals surface area contributed by atoms with Crippen molar-refractivity contribution < 1.29 is 14.3 Å². The number of aryl methyl sites for hydroxylation is 2. The number of hydrogen-bond acceptors (Lipinski definition) is 2. The average Bonchev–Trinajstić information content (AvgIpc) is 2.68. The zero-order valence-corrected chi connectivity index (χ0v) is 9.91. The van der Waals surface area contributed by atoms with Crippen molar-refractivity contribution in [1.82, 2.24) is 10.2 Å². The molecule has 0 spiro atoms. The number of nitrogens with one attached hydrogen (secondary N) is 2. The lowest BCUT2D eigenvalue weighted by molar-refractivity contribution is 0.209. The van der Waals surface area contributed by atoms with Crippen molar-refractivity contribution in [3.63, 3.8) is 0 Å². The van der Waals surface area contributed by atoms with Gasteiger partial charge in [0.15, 0.2) is 0 Å². The number of rotatable bonds is 2. The number of anilines is 1. The summed E-state index contributed by atoms with van der Waals surface area (Å²) in [6.45, 7) is 3.44. The molecule has 0 aliphatic rings. The molecule has 2 rings (SSSR count). The Hall–Kier alpha value is -2.37. The zero-order valence-electron chi connectivity index (χ0n) is 9.91. The van der Waals surface area contributed by atoms with Gasteiger partial charge in [-0.1, -0.05) is 0 Å². The quantitative estimate of drug-likeness (QED) is 0.765. The molecule has 0 aliphatic heterocycles. The molecule has 0 saturated carbocycles. The maximum atomic E-state index is 13.8. The molecule has 5 nitrogen and oxygen atoms in total. The van der Waals surface area contributed by atoms with Gasteiger partial charge in [-0.25, -0.2) is 9.18 Å². The minimum Gasteiger partial charge on any atom is -0.465 e. The van der Waals surface area contributed by atoms with E-state index in [9.17, 15) is 9.18 Å². The Morgan fingerprint density at radius 1 is 1.39 bits per heavy atom. The maximum Gasteiger partial charge on any atom is 0.409 e. The lowest BCUT2D eigenvalue weighted by atomic mass is 10.1. The summed E-state index contributed by atoms with van der Waals surface area (Å²) < 4.78 is 13.8. The second-order valence-electron chi connectivity index (χ2n) is 4.01. The highest BCUT2D eigenvalue weighted by atomic mass is 19.1. The summed E-state index contributed by atoms with van der Waals surface area (Å²) in [5.41, 5.74) is 2.37. The number of halogens is 1. The van der Waals surface area contributed by atoms with Crippen LogP contribution in [0.3, 0.4) is 0 Å². The lowest BCUT2D eigenvalue weighted by Gasteiger charge is -2.08. The van der Waals surface area contributed by atoms with Gasteiger partial charge in [-0.2, -0.15) is 5.10 Å². The minimum atomic E-state index is -1.19. The molecule has 0 bridgehead atoms. The number of carboxylic acid groups (broad SMARTS) is 1. The van der Waals surface area contributed by atoms with Crippen LogP contribution < -0.4 is 5.32 Å². The molecular formula is C12H12FN3O2. The first-order chi connectivity index (χ1) is 8.47. The van der Waals surface area contributed by atoms with E-state index in [2.05, 4.69) is 15.5 Å². The van der Waals surface area contributed by atoms with E-state index >= 15 is 0 Å². The highest BCUT2D eigenvalue weighted by Gasteiger charge is 2.12. The molecule has 1 aromatic carbocycles. The van der Waals surface area contributed by atoms with Gasteiger partial charge < -0.3 is 5.11 Å². The second-order valence-corrected chi connectivity index (χ2v) is 4.01. The number of carbonyl (C=O) groups is 1. The average molecular weight is 249 g/mol. The minimum absolute atomic E-state index is 0.258. The van der Waals surface area contributed by atoms with Gasteiger partial charge in [-0.05, 0) is 37.6 Å². The molecule has 94 valence electrons. The van der Waals surface area contributed by atoms with Gasteiger partial charge in [0.05, 0.1) is 5.69 Å². The van der Waals surface area contributed by atoms with Crippen LogP contribution >= 0.6 is 0 Å². The standard InChI is InChI=1S/C12H12FN3O2/c1-6-3-9(13)8(5-10(6)14-12(17)18)11-4-7(2)15-16-11/h3-5,14H,1-2H3,(H,15,16)(H,17,18). The van der Waals surface area contributed by atoms with Crippen molar-refractivity contribution in [1.29, 1.82) is 0 Å². The zero-order chi connectivity index (χ0) is 13.3. The van der Waals surface area contributed by atoms with Gasteiger partial charge in [0.1, 0.15) is 5.82 Å². The number of benzene rings is 1. The molecule has 0 atom stereocenters. The molecule has 1 amide bonds. The van der Waals surface area contributed by atoms with E-state index in [1.165, 1.54) is 12.1 Å². The van der Waals surface area contributed by atoms with Gasteiger partial charge in [0.25, 0.3) is 0 Å². The third-order valence-electron chi connectivity index (χ3n) is 2.54. The topological polar surface area (TPSA) is 78.0 Å².